The molecule has 0 radical (unpaired) electrons. The monoisotopic (exact) mass is 543 g/mol. The number of aromatic nitrogens is 2. The van der Waals surface area contributed by atoms with E-state index in [1.807, 2.05) is 68.6 Å². The van der Waals surface area contributed by atoms with Crippen LogP contribution in [-0.4, -0.2) is 41.0 Å². The molecule has 4 aromatic rings. The van der Waals surface area contributed by atoms with Gasteiger partial charge in [-0.15, -0.1) is 11.3 Å². The van der Waals surface area contributed by atoms with Gasteiger partial charge in [-0.3, -0.25) is 14.6 Å². The Kier molecular flexibility index (Phi) is 8.36. The van der Waals surface area contributed by atoms with Crippen molar-refractivity contribution in [2.75, 3.05) is 18.5 Å². The number of carbonyl (C=O) groups is 3. The number of hydrogen-bond donors (Lipinski definition) is 3. The molecule has 39 heavy (non-hydrogen) atoms. The van der Waals surface area contributed by atoms with Gasteiger partial charge in [0.2, 0.25) is 5.91 Å². The molecule has 0 unspecified atom stereocenters. The van der Waals surface area contributed by atoms with Gasteiger partial charge in [-0.2, -0.15) is 0 Å². The Bertz CT molecular complexity index is 1500. The minimum absolute atomic E-state index is 0.0685. The number of nitrogens with one attached hydrogen (secondary N) is 2. The molecule has 4 N–H and O–H groups in total. The van der Waals surface area contributed by atoms with Gasteiger partial charge in [-0.1, -0.05) is 43.7 Å². The first-order chi connectivity index (χ1) is 18.6. The Morgan fingerprint density at radius 2 is 1.74 bits per heavy atom. The number of benzene rings is 2. The smallest absolute Gasteiger partial charge is 0.404 e. The minimum atomic E-state index is -0.856. The second kappa shape index (κ2) is 11.9. The lowest BCUT2D eigenvalue weighted by Crippen LogP contribution is -2.33. The van der Waals surface area contributed by atoms with Crippen LogP contribution in [0.4, 0.5) is 9.93 Å². The molecule has 3 amide bonds. The molecule has 2 aromatic heterocycles. The minimum Gasteiger partial charge on any atom is -0.449 e. The number of nitrogens with two attached hydrogens (primary N) is 1. The summed E-state index contributed by atoms with van der Waals surface area (Å²) in [7, 11) is 0. The average Bonchev–Trinajstić information content (AvgIpc) is 3.39. The molecule has 4 rings (SSSR count). The summed E-state index contributed by atoms with van der Waals surface area (Å²) in [5.74, 6) is -0.785. The van der Waals surface area contributed by atoms with E-state index in [9.17, 15) is 14.4 Å². The number of anilines is 1. The van der Waals surface area contributed by atoms with Crippen LogP contribution in [0, 0.1) is 6.92 Å². The highest BCUT2D eigenvalue weighted by molar-refractivity contribution is 7.14. The highest BCUT2D eigenvalue weighted by atomic mass is 32.1. The zero-order chi connectivity index (χ0) is 28.0. The number of thiazole rings is 1. The van der Waals surface area contributed by atoms with Gasteiger partial charge in [-0.05, 0) is 53.9 Å². The SMILES string of the molecule is Cc1cc(C(=O)NCC(=O)Nc2nc(-c3cccc(-c4ccncc4)c3)cs2)cc(C(C)(C)COC(N)=O)c1. The average molecular weight is 544 g/mol. The first kappa shape index (κ1) is 27.5. The molecule has 0 aliphatic carbocycles. The Labute approximate surface area is 230 Å². The van der Waals surface area contributed by atoms with Crippen molar-refractivity contribution in [2.45, 2.75) is 26.2 Å². The molecule has 0 spiro atoms. The van der Waals surface area contributed by atoms with Crippen molar-refractivity contribution in [1.29, 1.82) is 0 Å². The van der Waals surface area contributed by atoms with E-state index in [0.717, 1.165) is 33.5 Å². The summed E-state index contributed by atoms with van der Waals surface area (Å²) in [5, 5.41) is 7.71. The quantitative estimate of drug-likeness (QED) is 0.274. The van der Waals surface area contributed by atoms with E-state index in [1.54, 1.807) is 24.5 Å². The number of pyridine rings is 1. The summed E-state index contributed by atoms with van der Waals surface area (Å²) in [5.41, 5.74) is 10.4. The summed E-state index contributed by atoms with van der Waals surface area (Å²) in [6, 6.07) is 17.2. The first-order valence-corrected chi connectivity index (χ1v) is 13.1. The van der Waals surface area contributed by atoms with E-state index in [2.05, 4.69) is 20.6 Å². The van der Waals surface area contributed by atoms with Crippen LogP contribution >= 0.6 is 11.3 Å². The van der Waals surface area contributed by atoms with Crippen molar-refractivity contribution in [2.24, 2.45) is 5.73 Å². The van der Waals surface area contributed by atoms with Crippen molar-refractivity contribution in [3.63, 3.8) is 0 Å². The van der Waals surface area contributed by atoms with E-state index < -0.39 is 23.3 Å². The molecule has 2 heterocycles. The van der Waals surface area contributed by atoms with E-state index in [0.29, 0.717) is 10.7 Å². The molecule has 0 aliphatic heterocycles. The normalized spacial score (nSPS) is 11.1. The number of amides is 3. The standard InChI is InChI=1S/C29H29N5O4S/c1-18-11-22(14-23(12-18)29(2,3)17-38-27(30)37)26(36)32-15-25(35)34-28-33-24(16-39-28)21-6-4-5-20(13-21)19-7-9-31-10-8-19/h4-14,16H,15,17H2,1-3H3,(H2,30,37)(H,32,36)(H,33,34,35). The van der Waals surface area contributed by atoms with Gasteiger partial charge < -0.3 is 21.1 Å². The van der Waals surface area contributed by atoms with Crippen LogP contribution in [0.25, 0.3) is 22.4 Å². The van der Waals surface area contributed by atoms with Gasteiger partial charge in [0.05, 0.1) is 12.2 Å². The fourth-order valence-corrected chi connectivity index (χ4v) is 4.67. The first-order valence-electron chi connectivity index (χ1n) is 12.2. The molecule has 10 heteroatoms. The van der Waals surface area contributed by atoms with E-state index >= 15 is 0 Å². The molecule has 200 valence electrons. The van der Waals surface area contributed by atoms with Crippen LogP contribution in [0.2, 0.25) is 0 Å². The van der Waals surface area contributed by atoms with E-state index in [1.165, 1.54) is 11.3 Å². The number of carbonyl (C=O) groups excluding carboxylic acids is 3. The molecule has 0 aliphatic rings. The maximum absolute atomic E-state index is 12.8. The molecule has 0 saturated heterocycles. The summed E-state index contributed by atoms with van der Waals surface area (Å²) in [4.78, 5) is 45.0. The molecular weight excluding hydrogens is 514 g/mol. The summed E-state index contributed by atoms with van der Waals surface area (Å²) in [6.07, 6.45) is 2.64. The Balaban J connectivity index is 1.37. The van der Waals surface area contributed by atoms with Crippen LogP contribution in [0.5, 0.6) is 0 Å². The van der Waals surface area contributed by atoms with Crippen LogP contribution in [0.1, 0.15) is 35.3 Å². The Hall–Kier alpha value is -4.57. The van der Waals surface area contributed by atoms with Crippen LogP contribution < -0.4 is 16.4 Å². The Morgan fingerprint density at radius 1 is 1.00 bits per heavy atom. The zero-order valence-electron chi connectivity index (χ0n) is 21.9. The van der Waals surface area contributed by atoms with Gasteiger partial charge in [-0.25, -0.2) is 9.78 Å². The summed E-state index contributed by atoms with van der Waals surface area (Å²) < 4.78 is 4.97. The summed E-state index contributed by atoms with van der Waals surface area (Å²) >= 11 is 1.31. The molecule has 0 atom stereocenters. The van der Waals surface area contributed by atoms with Crippen LogP contribution in [-0.2, 0) is 14.9 Å². The third kappa shape index (κ3) is 7.26. The fraction of sp³-hybridized carbons (Fsp3) is 0.207. The fourth-order valence-electron chi connectivity index (χ4n) is 3.93. The zero-order valence-corrected chi connectivity index (χ0v) is 22.7. The third-order valence-electron chi connectivity index (χ3n) is 6.03. The Morgan fingerprint density at radius 3 is 2.49 bits per heavy atom. The third-order valence-corrected chi connectivity index (χ3v) is 6.79. The number of primary amides is 1. The molecule has 0 saturated carbocycles. The lowest BCUT2D eigenvalue weighted by atomic mass is 9.83. The van der Waals surface area contributed by atoms with Crippen molar-refractivity contribution in [3.05, 3.63) is 89.1 Å². The number of nitrogens with zero attached hydrogens (tertiary/aromatic N) is 2. The van der Waals surface area contributed by atoms with Crippen molar-refractivity contribution in [1.82, 2.24) is 15.3 Å². The van der Waals surface area contributed by atoms with Crippen LogP contribution in [0.15, 0.2) is 72.4 Å². The second-order valence-corrected chi connectivity index (χ2v) is 10.5. The number of rotatable bonds is 9. The number of aryl methyl sites for hydroxylation is 1. The van der Waals surface area contributed by atoms with Crippen molar-refractivity contribution < 1.29 is 19.1 Å². The molecule has 9 nitrogen and oxygen atoms in total. The largest absolute Gasteiger partial charge is 0.449 e. The molecule has 0 fully saturated rings. The highest BCUT2D eigenvalue weighted by Crippen LogP contribution is 2.29. The van der Waals surface area contributed by atoms with E-state index in [-0.39, 0.29) is 13.2 Å². The highest BCUT2D eigenvalue weighted by Gasteiger charge is 2.24. The topological polar surface area (TPSA) is 136 Å². The lowest BCUT2D eigenvalue weighted by molar-refractivity contribution is -0.115. The van der Waals surface area contributed by atoms with Gasteiger partial charge in [0.1, 0.15) is 6.61 Å². The van der Waals surface area contributed by atoms with E-state index in [4.69, 9.17) is 10.5 Å². The van der Waals surface area contributed by atoms with Gasteiger partial charge in [0.15, 0.2) is 5.13 Å². The number of ether oxygens (including phenoxy) is 1. The molecule has 0 bridgehead atoms. The second-order valence-electron chi connectivity index (χ2n) is 9.66. The van der Waals surface area contributed by atoms with Gasteiger partial charge in [0, 0.05) is 34.3 Å². The predicted octanol–water partition coefficient (Wildman–Crippen LogP) is 4.92. The maximum atomic E-state index is 12.8. The van der Waals surface area contributed by atoms with Gasteiger partial charge >= 0.3 is 6.09 Å². The van der Waals surface area contributed by atoms with Gasteiger partial charge in [0.25, 0.3) is 5.91 Å². The van der Waals surface area contributed by atoms with Crippen molar-refractivity contribution in [3.8, 4) is 22.4 Å². The summed E-state index contributed by atoms with van der Waals surface area (Å²) in [6.45, 7) is 5.49. The van der Waals surface area contributed by atoms with Crippen molar-refractivity contribution >= 4 is 34.4 Å². The predicted molar refractivity (Wildman–Crippen MR) is 151 cm³/mol. The van der Waals surface area contributed by atoms with Crippen LogP contribution in [0.3, 0.4) is 0 Å². The molecule has 2 aromatic carbocycles. The lowest BCUT2D eigenvalue weighted by Gasteiger charge is -2.25. The maximum Gasteiger partial charge on any atom is 0.404 e. The number of hydrogen-bond acceptors (Lipinski definition) is 7. The molecular formula is C29H29N5O4S.